The van der Waals surface area contributed by atoms with Crippen LogP contribution in [0.2, 0.25) is 0 Å². The standard InChI is InChI=1S/C22H23N5/c1-3-8-19(22-24-13-14-26(22)2)27-16-25-20(17-9-5-4-6-10-17)21(27)18-11-7-12-23-15-18/h4-7,9-16,19H,3,8H2,1-2H3. The van der Waals surface area contributed by atoms with Crippen LogP contribution in [0.3, 0.4) is 0 Å². The maximum Gasteiger partial charge on any atom is 0.131 e. The first-order valence-electron chi connectivity index (χ1n) is 9.29. The van der Waals surface area contributed by atoms with Gasteiger partial charge in [0.25, 0.3) is 0 Å². The number of hydrogen-bond donors (Lipinski definition) is 0. The lowest BCUT2D eigenvalue weighted by molar-refractivity contribution is 0.495. The summed E-state index contributed by atoms with van der Waals surface area (Å²) in [6, 6.07) is 14.5. The topological polar surface area (TPSA) is 48.5 Å². The Balaban J connectivity index is 1.93. The number of hydrogen-bond acceptors (Lipinski definition) is 3. The van der Waals surface area contributed by atoms with Crippen molar-refractivity contribution in [1.29, 1.82) is 0 Å². The Morgan fingerprint density at radius 1 is 0.963 bits per heavy atom. The molecular weight excluding hydrogens is 334 g/mol. The molecule has 0 N–H and O–H groups in total. The average molecular weight is 357 g/mol. The third-order valence-corrected chi connectivity index (χ3v) is 4.83. The van der Waals surface area contributed by atoms with Crippen molar-refractivity contribution in [3.8, 4) is 22.5 Å². The molecule has 4 rings (SSSR count). The van der Waals surface area contributed by atoms with E-state index in [0.29, 0.717) is 0 Å². The molecule has 3 heterocycles. The number of aryl methyl sites for hydroxylation is 1. The Morgan fingerprint density at radius 2 is 1.78 bits per heavy atom. The van der Waals surface area contributed by atoms with E-state index in [9.17, 15) is 0 Å². The molecule has 0 aliphatic heterocycles. The Bertz CT molecular complexity index is 1000. The zero-order valence-corrected chi connectivity index (χ0v) is 15.7. The fourth-order valence-corrected chi connectivity index (χ4v) is 3.56. The summed E-state index contributed by atoms with van der Waals surface area (Å²) in [6.07, 6.45) is 11.6. The first-order valence-corrected chi connectivity index (χ1v) is 9.29. The first kappa shape index (κ1) is 17.2. The van der Waals surface area contributed by atoms with Gasteiger partial charge in [-0.3, -0.25) is 4.98 Å². The highest BCUT2D eigenvalue weighted by Gasteiger charge is 2.24. The monoisotopic (exact) mass is 357 g/mol. The largest absolute Gasteiger partial charge is 0.336 e. The predicted octanol–water partition coefficient (Wildman–Crippen LogP) is 4.74. The fraction of sp³-hybridized carbons (Fsp3) is 0.227. The van der Waals surface area contributed by atoms with E-state index in [0.717, 1.165) is 41.2 Å². The van der Waals surface area contributed by atoms with Crippen molar-refractivity contribution < 1.29 is 0 Å². The van der Waals surface area contributed by atoms with Gasteiger partial charge in [0.15, 0.2) is 0 Å². The van der Waals surface area contributed by atoms with Gasteiger partial charge in [-0.1, -0.05) is 43.7 Å². The van der Waals surface area contributed by atoms with Crippen molar-refractivity contribution in [1.82, 2.24) is 24.1 Å². The van der Waals surface area contributed by atoms with Gasteiger partial charge in [-0.15, -0.1) is 0 Å². The Labute approximate surface area is 159 Å². The van der Waals surface area contributed by atoms with Crippen LogP contribution < -0.4 is 0 Å². The van der Waals surface area contributed by atoms with Crippen molar-refractivity contribution in [2.75, 3.05) is 0 Å². The smallest absolute Gasteiger partial charge is 0.131 e. The van der Waals surface area contributed by atoms with Gasteiger partial charge in [-0.2, -0.15) is 0 Å². The van der Waals surface area contributed by atoms with Crippen LogP contribution in [0, 0.1) is 0 Å². The molecule has 0 aliphatic carbocycles. The van der Waals surface area contributed by atoms with Crippen LogP contribution in [0.4, 0.5) is 0 Å². The van der Waals surface area contributed by atoms with Gasteiger partial charge >= 0.3 is 0 Å². The summed E-state index contributed by atoms with van der Waals surface area (Å²) < 4.78 is 4.35. The number of rotatable bonds is 6. The van der Waals surface area contributed by atoms with Gasteiger partial charge in [0.05, 0.1) is 23.8 Å². The van der Waals surface area contributed by atoms with E-state index in [1.165, 1.54) is 0 Å². The Hall–Kier alpha value is -3.21. The molecule has 1 aromatic carbocycles. The van der Waals surface area contributed by atoms with E-state index < -0.39 is 0 Å². The Morgan fingerprint density at radius 3 is 2.44 bits per heavy atom. The van der Waals surface area contributed by atoms with Crippen molar-refractivity contribution in [3.63, 3.8) is 0 Å². The lowest BCUT2D eigenvalue weighted by atomic mass is 10.0. The summed E-state index contributed by atoms with van der Waals surface area (Å²) in [5.74, 6) is 1.04. The minimum absolute atomic E-state index is 0.121. The van der Waals surface area contributed by atoms with Crippen molar-refractivity contribution >= 4 is 0 Å². The first-order chi connectivity index (χ1) is 13.3. The molecule has 5 heteroatoms. The maximum absolute atomic E-state index is 4.80. The predicted molar refractivity (Wildman–Crippen MR) is 107 cm³/mol. The molecule has 5 nitrogen and oxygen atoms in total. The summed E-state index contributed by atoms with van der Waals surface area (Å²) in [5, 5.41) is 0. The third kappa shape index (κ3) is 3.28. The van der Waals surface area contributed by atoms with E-state index in [1.54, 1.807) is 6.20 Å². The molecule has 1 atom stereocenters. The molecule has 0 spiro atoms. The van der Waals surface area contributed by atoms with Gasteiger partial charge < -0.3 is 9.13 Å². The molecular formula is C22H23N5. The zero-order valence-electron chi connectivity index (χ0n) is 15.7. The highest BCUT2D eigenvalue weighted by Crippen LogP contribution is 2.35. The minimum Gasteiger partial charge on any atom is -0.336 e. The molecule has 3 aromatic heterocycles. The molecule has 4 aromatic rings. The van der Waals surface area contributed by atoms with E-state index in [1.807, 2.05) is 56.2 Å². The number of pyridine rings is 1. The number of aromatic nitrogens is 5. The summed E-state index contributed by atoms with van der Waals surface area (Å²) in [7, 11) is 2.05. The highest BCUT2D eigenvalue weighted by atomic mass is 15.2. The number of imidazole rings is 2. The zero-order chi connectivity index (χ0) is 18.6. The molecule has 136 valence electrons. The summed E-state index contributed by atoms with van der Waals surface area (Å²) in [5.41, 5.74) is 4.21. The quantitative estimate of drug-likeness (QED) is 0.501. The van der Waals surface area contributed by atoms with Gasteiger partial charge in [0.1, 0.15) is 5.82 Å². The normalized spacial score (nSPS) is 12.2. The van der Waals surface area contributed by atoms with Crippen molar-refractivity contribution in [2.24, 2.45) is 7.05 Å². The molecule has 0 fully saturated rings. The number of benzene rings is 1. The molecule has 1 unspecified atom stereocenters. The van der Waals surface area contributed by atoms with Crippen LogP contribution in [0.25, 0.3) is 22.5 Å². The summed E-state index contributed by atoms with van der Waals surface area (Å²) in [4.78, 5) is 13.8. The highest BCUT2D eigenvalue weighted by molar-refractivity contribution is 5.78. The van der Waals surface area contributed by atoms with Crippen LogP contribution in [-0.4, -0.2) is 24.1 Å². The second kappa shape index (κ2) is 7.58. The molecule has 0 bridgehead atoms. The number of nitrogens with zero attached hydrogens (tertiary/aromatic N) is 5. The van der Waals surface area contributed by atoms with Crippen molar-refractivity contribution in [3.05, 3.63) is 79.4 Å². The van der Waals surface area contributed by atoms with Gasteiger partial charge in [0, 0.05) is 43.0 Å². The molecule has 0 aliphatic rings. The minimum atomic E-state index is 0.121. The third-order valence-electron chi connectivity index (χ3n) is 4.83. The molecule has 0 radical (unpaired) electrons. The van der Waals surface area contributed by atoms with Crippen LogP contribution in [-0.2, 0) is 7.05 Å². The summed E-state index contributed by atoms with van der Waals surface area (Å²) in [6.45, 7) is 2.20. The van der Waals surface area contributed by atoms with E-state index in [4.69, 9.17) is 4.98 Å². The van der Waals surface area contributed by atoms with Crippen LogP contribution in [0.5, 0.6) is 0 Å². The van der Waals surface area contributed by atoms with Crippen molar-refractivity contribution in [2.45, 2.75) is 25.8 Å². The van der Waals surface area contributed by atoms with Crippen LogP contribution >= 0.6 is 0 Å². The second-order valence-corrected chi connectivity index (χ2v) is 6.66. The molecule has 0 saturated heterocycles. The van der Waals surface area contributed by atoms with Gasteiger partial charge in [0.2, 0.25) is 0 Å². The van der Waals surface area contributed by atoms with Gasteiger partial charge in [-0.05, 0) is 18.6 Å². The molecule has 0 amide bonds. The SMILES string of the molecule is CCCC(c1nccn1C)n1cnc(-c2ccccc2)c1-c1cccnc1. The molecule has 27 heavy (non-hydrogen) atoms. The lowest BCUT2D eigenvalue weighted by Gasteiger charge is -2.21. The maximum atomic E-state index is 4.80. The molecule has 0 saturated carbocycles. The lowest BCUT2D eigenvalue weighted by Crippen LogP contribution is -2.15. The fourth-order valence-electron chi connectivity index (χ4n) is 3.56. The average Bonchev–Trinajstić information content (AvgIpc) is 3.34. The van der Waals surface area contributed by atoms with E-state index in [-0.39, 0.29) is 6.04 Å². The van der Waals surface area contributed by atoms with Crippen LogP contribution in [0.1, 0.15) is 31.6 Å². The van der Waals surface area contributed by atoms with Gasteiger partial charge in [-0.25, -0.2) is 9.97 Å². The van der Waals surface area contributed by atoms with E-state index in [2.05, 4.69) is 44.2 Å². The van der Waals surface area contributed by atoms with Crippen LogP contribution in [0.15, 0.2) is 73.6 Å². The van der Waals surface area contributed by atoms with E-state index >= 15 is 0 Å². The second-order valence-electron chi connectivity index (χ2n) is 6.66. The Kier molecular flexibility index (Phi) is 4.83. The summed E-state index contributed by atoms with van der Waals surface area (Å²) >= 11 is 0.